The predicted octanol–water partition coefficient (Wildman–Crippen LogP) is 15.6. The first kappa shape index (κ1) is 51.4. The monoisotopic (exact) mass is 1100 g/mol. The summed E-state index contributed by atoms with van der Waals surface area (Å²) in [7, 11) is 0. The van der Waals surface area contributed by atoms with Gasteiger partial charge in [0.2, 0.25) is 23.6 Å². The third-order valence-corrected chi connectivity index (χ3v) is 13.5. The zero-order valence-corrected chi connectivity index (χ0v) is 44.1. The first-order chi connectivity index (χ1) is 41.2. The van der Waals surface area contributed by atoms with Crippen molar-refractivity contribution >= 4 is 90.8 Å². The summed E-state index contributed by atoms with van der Waals surface area (Å²) in [4.78, 5) is 70.0. The molecule has 0 unspecified atom stereocenters. The smallest absolute Gasteiger partial charge is 0.255 e. The van der Waals surface area contributed by atoms with Crippen LogP contribution in [-0.4, -0.2) is 43.6 Å². The van der Waals surface area contributed by atoms with Gasteiger partial charge in [-0.25, -0.2) is 19.9 Å². The van der Waals surface area contributed by atoms with Gasteiger partial charge in [0.15, 0.2) is 22.3 Å². The second-order valence-electron chi connectivity index (χ2n) is 19.2. The number of para-hydroxylation sites is 8. The number of carbonyl (C=O) groups is 4. The van der Waals surface area contributed by atoms with E-state index in [1.807, 2.05) is 121 Å². The van der Waals surface area contributed by atoms with Crippen molar-refractivity contribution in [3.63, 3.8) is 0 Å². The van der Waals surface area contributed by atoms with E-state index in [9.17, 15) is 19.2 Å². The van der Waals surface area contributed by atoms with Gasteiger partial charge in [-0.15, -0.1) is 0 Å². The number of aromatic nitrogens is 4. The van der Waals surface area contributed by atoms with E-state index in [1.54, 1.807) is 121 Å². The summed E-state index contributed by atoms with van der Waals surface area (Å²) in [5, 5.41) is 11.6. The van der Waals surface area contributed by atoms with Crippen molar-refractivity contribution in [3.05, 3.63) is 265 Å². The van der Waals surface area contributed by atoms with Crippen molar-refractivity contribution in [2.75, 3.05) is 21.3 Å². The number of nitrogens with zero attached hydrogens (tertiary/aromatic N) is 4. The molecule has 4 heterocycles. The van der Waals surface area contributed by atoms with Crippen LogP contribution < -0.4 is 21.3 Å². The topological polar surface area (TPSA) is 221 Å². The Morgan fingerprint density at radius 1 is 0.250 bits per heavy atom. The molecule has 14 rings (SSSR count). The molecule has 0 radical (unpaired) electrons. The number of oxazole rings is 4. The Morgan fingerprint density at radius 2 is 0.464 bits per heavy atom. The maximum Gasteiger partial charge on any atom is 0.255 e. The lowest BCUT2D eigenvalue weighted by Crippen LogP contribution is -2.13. The number of rotatable bonds is 12. The summed E-state index contributed by atoms with van der Waals surface area (Å²) in [6.45, 7) is 0. The van der Waals surface area contributed by atoms with Crippen molar-refractivity contribution in [2.45, 2.75) is 0 Å². The van der Waals surface area contributed by atoms with E-state index >= 15 is 0 Å². The molecular formula is C68H44N8O8. The molecule has 14 aromatic rings. The Labute approximate surface area is 477 Å². The SMILES string of the molecule is O=C(Nc1ccc(NC(=O)c2cccc(-c3nc4ccccc4o3)c2)cc1)c1cccc(-c2nc3ccccc3o2)c1.O=C(Nc1ccc(NC(=O)c2cccc(-c3nc4ccccc4o3)c2)cc1)c1cccc(-c2nc3ccccc3o2)c1. The third-order valence-electron chi connectivity index (χ3n) is 13.5. The molecule has 4 aromatic heterocycles. The fourth-order valence-electron chi connectivity index (χ4n) is 9.24. The number of benzene rings is 10. The molecule has 0 aliphatic carbocycles. The number of fused-ring (bicyclic) bond motifs is 4. The minimum absolute atomic E-state index is 0.277. The first-order valence-corrected chi connectivity index (χ1v) is 26.5. The quantitative estimate of drug-likeness (QED) is 0.0897. The van der Waals surface area contributed by atoms with Crippen LogP contribution in [0.25, 0.3) is 90.2 Å². The summed E-state index contributed by atoms with van der Waals surface area (Å²) in [5.41, 5.74) is 12.8. The number of nitrogens with one attached hydrogen (secondary N) is 4. The van der Waals surface area contributed by atoms with E-state index < -0.39 is 0 Å². The molecule has 0 aliphatic heterocycles. The van der Waals surface area contributed by atoms with Crippen LogP contribution in [0, 0.1) is 0 Å². The van der Waals surface area contributed by atoms with Gasteiger partial charge in [-0.1, -0.05) is 72.8 Å². The van der Waals surface area contributed by atoms with Gasteiger partial charge in [-0.2, -0.15) is 0 Å². The Hall–Kier alpha value is -12.0. The molecule has 0 saturated heterocycles. The van der Waals surface area contributed by atoms with Gasteiger partial charge in [0.25, 0.3) is 23.6 Å². The van der Waals surface area contributed by atoms with Gasteiger partial charge in [-0.3, -0.25) is 19.2 Å². The zero-order valence-electron chi connectivity index (χ0n) is 44.1. The average molecular weight is 1100 g/mol. The van der Waals surface area contributed by atoms with E-state index in [-0.39, 0.29) is 23.6 Å². The van der Waals surface area contributed by atoms with Crippen molar-refractivity contribution in [1.29, 1.82) is 0 Å². The van der Waals surface area contributed by atoms with Crippen LogP contribution >= 0.6 is 0 Å². The molecule has 4 amide bonds. The predicted molar refractivity (Wildman–Crippen MR) is 322 cm³/mol. The van der Waals surface area contributed by atoms with Crippen LogP contribution in [0.2, 0.25) is 0 Å². The summed E-state index contributed by atoms with van der Waals surface area (Å²) in [6.07, 6.45) is 0. The molecule has 84 heavy (non-hydrogen) atoms. The van der Waals surface area contributed by atoms with E-state index in [2.05, 4.69) is 41.2 Å². The summed E-state index contributed by atoms with van der Waals surface area (Å²) in [5.74, 6) is 0.689. The highest BCUT2D eigenvalue weighted by atomic mass is 16.4. The van der Waals surface area contributed by atoms with Crippen LogP contribution in [0.4, 0.5) is 22.7 Å². The zero-order chi connectivity index (χ0) is 56.9. The largest absolute Gasteiger partial charge is 0.436 e. The molecular weight excluding hydrogens is 1060 g/mol. The van der Waals surface area contributed by atoms with Gasteiger partial charge in [0.05, 0.1) is 0 Å². The molecule has 16 nitrogen and oxygen atoms in total. The van der Waals surface area contributed by atoms with Crippen LogP contribution in [0.5, 0.6) is 0 Å². The van der Waals surface area contributed by atoms with Gasteiger partial charge >= 0.3 is 0 Å². The van der Waals surface area contributed by atoms with Crippen LogP contribution in [0.15, 0.2) is 260 Å². The van der Waals surface area contributed by atoms with Gasteiger partial charge in [0, 0.05) is 67.3 Å². The second-order valence-corrected chi connectivity index (χ2v) is 19.2. The Morgan fingerprint density at radius 3 is 0.679 bits per heavy atom. The first-order valence-electron chi connectivity index (χ1n) is 26.5. The summed E-state index contributed by atoms with van der Waals surface area (Å²) in [6, 6.07) is 72.3. The Balaban J connectivity index is 0.000000157. The number of hydrogen-bond donors (Lipinski definition) is 4. The summed E-state index contributed by atoms with van der Waals surface area (Å²) >= 11 is 0. The maximum atomic E-state index is 13.0. The van der Waals surface area contributed by atoms with E-state index in [4.69, 9.17) is 17.7 Å². The number of carbonyl (C=O) groups excluding carboxylic acids is 4. The van der Waals surface area contributed by atoms with Crippen molar-refractivity contribution in [3.8, 4) is 45.8 Å². The maximum absolute atomic E-state index is 13.0. The highest BCUT2D eigenvalue weighted by Crippen LogP contribution is 2.30. The van der Waals surface area contributed by atoms with Crippen molar-refractivity contribution < 1.29 is 36.8 Å². The van der Waals surface area contributed by atoms with E-state index in [1.165, 1.54) is 0 Å². The number of hydrogen-bond acceptors (Lipinski definition) is 12. The molecule has 404 valence electrons. The highest BCUT2D eigenvalue weighted by Gasteiger charge is 2.17. The summed E-state index contributed by atoms with van der Waals surface area (Å²) < 4.78 is 23.4. The molecule has 16 heteroatoms. The van der Waals surface area contributed by atoms with E-state index in [0.717, 1.165) is 22.1 Å². The van der Waals surface area contributed by atoms with Crippen LogP contribution in [0.3, 0.4) is 0 Å². The molecule has 0 bridgehead atoms. The lowest BCUT2D eigenvalue weighted by atomic mass is 10.1. The molecule has 0 aliphatic rings. The molecule has 0 fully saturated rings. The van der Waals surface area contributed by atoms with Gasteiger partial charge < -0.3 is 38.9 Å². The lowest BCUT2D eigenvalue weighted by Gasteiger charge is -2.09. The average Bonchev–Trinajstić information content (AvgIpc) is 4.57. The van der Waals surface area contributed by atoms with Crippen LogP contribution in [-0.2, 0) is 0 Å². The standard InChI is InChI=1S/2C34H22N4O4/c2*39-31(21-7-5-9-23(19-21)33-37-27-11-1-3-13-29(27)41-33)35-25-15-17-26(18-16-25)36-32(40)22-8-6-10-24(20-22)34-38-28-12-2-4-14-30(28)42-34/h2*1-20H,(H,35,39)(H,36,40). The van der Waals surface area contributed by atoms with E-state index in [0.29, 0.717) is 113 Å². The minimum Gasteiger partial charge on any atom is -0.436 e. The fourth-order valence-corrected chi connectivity index (χ4v) is 9.24. The van der Waals surface area contributed by atoms with Gasteiger partial charge in [-0.05, 0) is 170 Å². The third kappa shape index (κ3) is 11.3. The highest BCUT2D eigenvalue weighted by molar-refractivity contribution is 6.08. The van der Waals surface area contributed by atoms with Gasteiger partial charge in [0.1, 0.15) is 22.1 Å². The molecule has 10 aromatic carbocycles. The molecule has 4 N–H and O–H groups in total. The molecule has 0 saturated carbocycles. The number of anilines is 4. The second kappa shape index (κ2) is 22.6. The molecule has 0 spiro atoms. The van der Waals surface area contributed by atoms with Crippen molar-refractivity contribution in [2.24, 2.45) is 0 Å². The normalized spacial score (nSPS) is 11.0. The minimum atomic E-state index is -0.277. The lowest BCUT2D eigenvalue weighted by molar-refractivity contribution is 0.101. The Kier molecular flexibility index (Phi) is 13.8. The fraction of sp³-hybridized carbons (Fsp3) is 0. The van der Waals surface area contributed by atoms with Crippen molar-refractivity contribution in [1.82, 2.24) is 19.9 Å². The van der Waals surface area contributed by atoms with Crippen LogP contribution in [0.1, 0.15) is 41.4 Å². The number of amides is 4. The Bertz CT molecular complexity index is 4060. The molecule has 0 atom stereocenters.